The predicted octanol–water partition coefficient (Wildman–Crippen LogP) is 1.33. The second-order valence-electron chi connectivity index (χ2n) is 4.82. The van der Waals surface area contributed by atoms with E-state index in [1.54, 1.807) is 19.4 Å². The monoisotopic (exact) mass is 264 g/mol. The van der Waals surface area contributed by atoms with Gasteiger partial charge in [-0.2, -0.15) is 4.98 Å². The summed E-state index contributed by atoms with van der Waals surface area (Å²) in [4.78, 5) is 19.9. The summed E-state index contributed by atoms with van der Waals surface area (Å²) >= 11 is 0. The zero-order valence-corrected chi connectivity index (χ0v) is 11.1. The molecule has 0 spiro atoms. The second kappa shape index (κ2) is 6.36. The maximum absolute atomic E-state index is 11.5. The number of methoxy groups -OCH3 is 1. The number of carbonyl (C=O) groups is 1. The zero-order valence-electron chi connectivity index (χ0n) is 11.1. The van der Waals surface area contributed by atoms with E-state index < -0.39 is 0 Å². The van der Waals surface area contributed by atoms with Crippen LogP contribution in [0, 0.1) is 5.92 Å². The Morgan fingerprint density at radius 2 is 2.21 bits per heavy atom. The number of rotatable bonds is 4. The van der Waals surface area contributed by atoms with Crippen molar-refractivity contribution in [3.8, 4) is 5.88 Å². The number of aromatic nitrogens is 2. The third-order valence-corrected chi connectivity index (χ3v) is 3.54. The lowest BCUT2D eigenvalue weighted by atomic mass is 9.94. The molecule has 2 atom stereocenters. The fraction of sp³-hybridized carbons (Fsp3) is 0.615. The molecule has 1 aromatic rings. The van der Waals surface area contributed by atoms with Crippen LogP contribution in [0.15, 0.2) is 12.3 Å². The molecule has 0 aromatic carbocycles. The molecular formula is C13H20N4O2. The summed E-state index contributed by atoms with van der Waals surface area (Å²) < 4.78 is 5.06. The van der Waals surface area contributed by atoms with E-state index in [2.05, 4.69) is 15.3 Å². The van der Waals surface area contributed by atoms with Gasteiger partial charge in [-0.25, -0.2) is 4.98 Å². The summed E-state index contributed by atoms with van der Waals surface area (Å²) in [7, 11) is 1.56. The average molecular weight is 264 g/mol. The highest BCUT2D eigenvalue weighted by atomic mass is 16.5. The fourth-order valence-electron chi connectivity index (χ4n) is 2.51. The van der Waals surface area contributed by atoms with Crippen molar-refractivity contribution in [1.29, 1.82) is 0 Å². The van der Waals surface area contributed by atoms with Crippen molar-refractivity contribution in [2.24, 2.45) is 11.7 Å². The molecule has 3 N–H and O–H groups in total. The lowest BCUT2D eigenvalue weighted by molar-refractivity contribution is -0.122. The Balaban J connectivity index is 2.11. The van der Waals surface area contributed by atoms with E-state index in [0.29, 0.717) is 11.8 Å². The first-order valence-corrected chi connectivity index (χ1v) is 6.63. The van der Waals surface area contributed by atoms with Crippen LogP contribution in [0.3, 0.4) is 0 Å². The minimum absolute atomic E-state index is 0.00658. The highest BCUT2D eigenvalue weighted by Gasteiger charge is 2.28. The summed E-state index contributed by atoms with van der Waals surface area (Å²) in [5.74, 6) is 0.582. The SMILES string of the molecule is COc1ccnc(NC2CCCCCC2C(N)=O)n1. The van der Waals surface area contributed by atoms with Gasteiger partial charge >= 0.3 is 0 Å². The van der Waals surface area contributed by atoms with Crippen molar-refractivity contribution >= 4 is 11.9 Å². The maximum Gasteiger partial charge on any atom is 0.226 e. The van der Waals surface area contributed by atoms with E-state index in [-0.39, 0.29) is 17.9 Å². The van der Waals surface area contributed by atoms with Gasteiger partial charge in [-0.1, -0.05) is 19.3 Å². The maximum atomic E-state index is 11.5. The van der Waals surface area contributed by atoms with E-state index in [4.69, 9.17) is 10.5 Å². The van der Waals surface area contributed by atoms with E-state index in [1.165, 1.54) is 0 Å². The van der Waals surface area contributed by atoms with Crippen LogP contribution >= 0.6 is 0 Å². The lowest BCUT2D eigenvalue weighted by Crippen LogP contribution is -2.38. The zero-order chi connectivity index (χ0) is 13.7. The molecular weight excluding hydrogens is 244 g/mol. The van der Waals surface area contributed by atoms with Crippen LogP contribution in [-0.2, 0) is 4.79 Å². The Bertz CT molecular complexity index is 438. The molecule has 1 saturated carbocycles. The van der Waals surface area contributed by atoms with Crippen LogP contribution in [0.2, 0.25) is 0 Å². The number of hydrogen-bond acceptors (Lipinski definition) is 5. The predicted molar refractivity (Wildman–Crippen MR) is 71.8 cm³/mol. The number of hydrogen-bond donors (Lipinski definition) is 2. The van der Waals surface area contributed by atoms with Crippen LogP contribution < -0.4 is 15.8 Å². The van der Waals surface area contributed by atoms with E-state index in [1.807, 2.05) is 0 Å². The van der Waals surface area contributed by atoms with Gasteiger partial charge in [0, 0.05) is 18.3 Å². The first-order valence-electron chi connectivity index (χ1n) is 6.63. The molecule has 1 heterocycles. The molecule has 6 nitrogen and oxygen atoms in total. The van der Waals surface area contributed by atoms with Gasteiger partial charge in [0.2, 0.25) is 17.7 Å². The molecule has 2 rings (SSSR count). The molecule has 19 heavy (non-hydrogen) atoms. The molecule has 2 unspecified atom stereocenters. The number of nitrogens with two attached hydrogens (primary N) is 1. The van der Waals surface area contributed by atoms with Crippen LogP contribution in [-0.4, -0.2) is 29.0 Å². The number of nitrogens with one attached hydrogen (secondary N) is 1. The van der Waals surface area contributed by atoms with Gasteiger partial charge in [0.25, 0.3) is 0 Å². The van der Waals surface area contributed by atoms with Crippen molar-refractivity contribution < 1.29 is 9.53 Å². The highest BCUT2D eigenvalue weighted by molar-refractivity contribution is 5.77. The van der Waals surface area contributed by atoms with Crippen molar-refractivity contribution in [3.05, 3.63) is 12.3 Å². The molecule has 0 bridgehead atoms. The number of amides is 1. The normalized spacial score (nSPS) is 23.4. The van der Waals surface area contributed by atoms with Crippen molar-refractivity contribution in [1.82, 2.24) is 9.97 Å². The van der Waals surface area contributed by atoms with Gasteiger partial charge in [0.1, 0.15) is 0 Å². The number of ether oxygens (including phenoxy) is 1. The number of anilines is 1. The number of carbonyl (C=O) groups excluding carboxylic acids is 1. The van der Waals surface area contributed by atoms with Gasteiger partial charge in [-0.05, 0) is 12.8 Å². The highest BCUT2D eigenvalue weighted by Crippen LogP contribution is 2.25. The molecule has 0 radical (unpaired) electrons. The minimum atomic E-state index is -0.248. The summed E-state index contributed by atoms with van der Waals surface area (Å²) in [6.45, 7) is 0. The van der Waals surface area contributed by atoms with Gasteiger partial charge in [0.15, 0.2) is 0 Å². The van der Waals surface area contributed by atoms with Crippen molar-refractivity contribution in [3.63, 3.8) is 0 Å². The molecule has 6 heteroatoms. The Morgan fingerprint density at radius 1 is 1.42 bits per heavy atom. The van der Waals surface area contributed by atoms with Crippen LogP contribution in [0.5, 0.6) is 5.88 Å². The Hall–Kier alpha value is -1.85. The Morgan fingerprint density at radius 3 is 2.95 bits per heavy atom. The molecule has 0 saturated heterocycles. The minimum Gasteiger partial charge on any atom is -0.481 e. The van der Waals surface area contributed by atoms with Gasteiger partial charge in [-0.3, -0.25) is 4.79 Å². The first kappa shape index (κ1) is 13.6. The molecule has 1 aliphatic rings. The third-order valence-electron chi connectivity index (χ3n) is 3.54. The van der Waals surface area contributed by atoms with E-state index in [9.17, 15) is 4.79 Å². The third kappa shape index (κ3) is 3.56. The lowest BCUT2D eigenvalue weighted by Gasteiger charge is -2.23. The summed E-state index contributed by atoms with van der Waals surface area (Å²) in [6, 6.07) is 1.69. The molecule has 0 aliphatic heterocycles. The summed E-state index contributed by atoms with van der Waals surface area (Å²) in [5, 5.41) is 3.22. The quantitative estimate of drug-likeness (QED) is 0.801. The number of primary amides is 1. The molecule has 1 amide bonds. The average Bonchev–Trinajstić information content (AvgIpc) is 2.64. The summed E-state index contributed by atoms with van der Waals surface area (Å²) in [6.07, 6.45) is 6.65. The van der Waals surface area contributed by atoms with Gasteiger partial charge in [-0.15, -0.1) is 0 Å². The molecule has 1 aliphatic carbocycles. The second-order valence-corrected chi connectivity index (χ2v) is 4.82. The van der Waals surface area contributed by atoms with Crippen molar-refractivity contribution in [2.75, 3.05) is 12.4 Å². The van der Waals surface area contributed by atoms with E-state index >= 15 is 0 Å². The standard InChI is InChI=1S/C13H20N4O2/c1-19-11-7-8-15-13(17-11)16-10-6-4-2-3-5-9(10)12(14)18/h7-10H,2-6H2,1H3,(H2,14,18)(H,15,16,17). The molecule has 1 aromatic heterocycles. The molecule has 1 fully saturated rings. The van der Waals surface area contributed by atoms with Crippen molar-refractivity contribution in [2.45, 2.75) is 38.1 Å². The number of nitrogens with zero attached hydrogens (tertiary/aromatic N) is 2. The molecule has 104 valence electrons. The summed E-state index contributed by atoms with van der Waals surface area (Å²) in [5.41, 5.74) is 5.49. The fourth-order valence-corrected chi connectivity index (χ4v) is 2.51. The van der Waals surface area contributed by atoms with Crippen LogP contribution in [0.4, 0.5) is 5.95 Å². The topological polar surface area (TPSA) is 90.1 Å². The van der Waals surface area contributed by atoms with E-state index in [0.717, 1.165) is 32.1 Å². The van der Waals surface area contributed by atoms with Crippen LogP contribution in [0.25, 0.3) is 0 Å². The Kier molecular flexibility index (Phi) is 4.54. The van der Waals surface area contributed by atoms with Gasteiger partial charge < -0.3 is 15.8 Å². The van der Waals surface area contributed by atoms with Crippen LogP contribution in [0.1, 0.15) is 32.1 Å². The van der Waals surface area contributed by atoms with Gasteiger partial charge in [0.05, 0.1) is 13.0 Å². The Labute approximate surface area is 112 Å². The first-order chi connectivity index (χ1) is 9.20. The smallest absolute Gasteiger partial charge is 0.226 e. The largest absolute Gasteiger partial charge is 0.481 e.